The summed E-state index contributed by atoms with van der Waals surface area (Å²) >= 11 is 1.11. The molecule has 24 heavy (non-hydrogen) atoms. The van der Waals surface area contributed by atoms with Crippen LogP contribution in [0.4, 0.5) is 5.69 Å². The van der Waals surface area contributed by atoms with Crippen LogP contribution in [0.15, 0.2) is 23.7 Å². The lowest BCUT2D eigenvalue weighted by Crippen LogP contribution is -2.36. The fourth-order valence-corrected chi connectivity index (χ4v) is 3.74. The number of nitrogens with one attached hydrogen (secondary N) is 2. The van der Waals surface area contributed by atoms with Crippen LogP contribution >= 0.6 is 11.3 Å². The van der Waals surface area contributed by atoms with Crippen LogP contribution in [0.2, 0.25) is 0 Å². The topological polar surface area (TPSA) is 98.3 Å². The molecule has 0 bridgehead atoms. The summed E-state index contributed by atoms with van der Waals surface area (Å²) in [5, 5.41) is 20.5. The van der Waals surface area contributed by atoms with Gasteiger partial charge in [0.15, 0.2) is 0 Å². The fourth-order valence-electron chi connectivity index (χ4n) is 3.05. The van der Waals surface area contributed by atoms with Gasteiger partial charge in [0, 0.05) is 37.3 Å². The van der Waals surface area contributed by atoms with Crippen molar-refractivity contribution in [2.45, 2.75) is 25.2 Å². The largest absolute Gasteiger partial charge is 0.477 e. The monoisotopic (exact) mass is 348 g/mol. The highest BCUT2D eigenvalue weighted by Gasteiger charge is 2.22. The van der Waals surface area contributed by atoms with Crippen molar-refractivity contribution in [1.29, 1.82) is 0 Å². The third-order valence-electron chi connectivity index (χ3n) is 4.26. The Labute approximate surface area is 143 Å². The van der Waals surface area contributed by atoms with Crippen LogP contribution in [0.5, 0.6) is 0 Å². The molecule has 128 valence electrons. The second kappa shape index (κ2) is 7.59. The number of carboxylic acid groups (broad SMARTS) is 1. The van der Waals surface area contributed by atoms with E-state index in [1.807, 2.05) is 6.07 Å². The van der Waals surface area contributed by atoms with Gasteiger partial charge in [0.1, 0.15) is 4.88 Å². The molecule has 7 nitrogen and oxygen atoms in total. The van der Waals surface area contributed by atoms with Crippen molar-refractivity contribution in [1.82, 2.24) is 15.1 Å². The molecule has 0 saturated carbocycles. The van der Waals surface area contributed by atoms with Gasteiger partial charge in [-0.05, 0) is 36.9 Å². The normalized spacial score (nSPS) is 18.4. The summed E-state index contributed by atoms with van der Waals surface area (Å²) in [7, 11) is 0. The van der Waals surface area contributed by atoms with E-state index in [-0.39, 0.29) is 10.8 Å². The van der Waals surface area contributed by atoms with Gasteiger partial charge in [0.05, 0.1) is 5.69 Å². The minimum Gasteiger partial charge on any atom is -0.477 e. The highest BCUT2D eigenvalue weighted by Crippen LogP contribution is 2.25. The molecule has 1 amide bonds. The summed E-state index contributed by atoms with van der Waals surface area (Å²) in [6.07, 6.45) is 4.34. The summed E-state index contributed by atoms with van der Waals surface area (Å²) in [4.78, 5) is 25.6. The van der Waals surface area contributed by atoms with Crippen molar-refractivity contribution < 1.29 is 14.7 Å². The Morgan fingerprint density at radius 1 is 1.46 bits per heavy atom. The van der Waals surface area contributed by atoms with Crippen molar-refractivity contribution in [2.24, 2.45) is 0 Å². The van der Waals surface area contributed by atoms with Gasteiger partial charge in [-0.1, -0.05) is 0 Å². The number of rotatable bonds is 6. The molecule has 2 aromatic rings. The molecule has 0 spiro atoms. The number of aromatic carboxylic acids is 1. The number of aromatic amines is 1. The maximum Gasteiger partial charge on any atom is 0.348 e. The van der Waals surface area contributed by atoms with Gasteiger partial charge < -0.3 is 15.3 Å². The lowest BCUT2D eigenvalue weighted by molar-refractivity contribution is -0.116. The minimum absolute atomic E-state index is 0.153. The van der Waals surface area contributed by atoms with E-state index in [0.29, 0.717) is 24.6 Å². The number of carboxylic acids is 1. The summed E-state index contributed by atoms with van der Waals surface area (Å²) in [5.74, 6) is -0.738. The van der Waals surface area contributed by atoms with E-state index < -0.39 is 5.97 Å². The zero-order valence-corrected chi connectivity index (χ0v) is 14.0. The predicted molar refractivity (Wildman–Crippen MR) is 91.5 cm³/mol. The number of piperidine rings is 1. The Morgan fingerprint density at radius 2 is 2.33 bits per heavy atom. The van der Waals surface area contributed by atoms with Gasteiger partial charge >= 0.3 is 5.97 Å². The molecule has 3 N–H and O–H groups in total. The molecule has 0 radical (unpaired) electrons. The molecule has 1 atom stereocenters. The first kappa shape index (κ1) is 16.7. The molecule has 1 fully saturated rings. The van der Waals surface area contributed by atoms with E-state index in [9.17, 15) is 9.59 Å². The highest BCUT2D eigenvalue weighted by molar-refractivity contribution is 7.12. The number of amides is 1. The van der Waals surface area contributed by atoms with Gasteiger partial charge in [-0.25, -0.2) is 4.79 Å². The number of H-pyrrole nitrogens is 1. The van der Waals surface area contributed by atoms with Crippen molar-refractivity contribution in [3.8, 4) is 0 Å². The van der Waals surface area contributed by atoms with Gasteiger partial charge in [-0.3, -0.25) is 9.89 Å². The second-order valence-corrected chi connectivity index (χ2v) is 6.83. The average molecular weight is 348 g/mol. The number of aromatic nitrogens is 2. The summed E-state index contributed by atoms with van der Waals surface area (Å²) in [5.41, 5.74) is 1.53. The highest BCUT2D eigenvalue weighted by atomic mass is 32.1. The summed E-state index contributed by atoms with van der Waals surface area (Å²) < 4.78 is 0. The maximum absolute atomic E-state index is 12.1. The van der Waals surface area contributed by atoms with E-state index in [1.165, 1.54) is 0 Å². The zero-order chi connectivity index (χ0) is 16.9. The molecule has 0 aromatic carbocycles. The maximum atomic E-state index is 12.1. The molecule has 1 aliphatic rings. The molecular weight excluding hydrogens is 328 g/mol. The summed E-state index contributed by atoms with van der Waals surface area (Å²) in [6, 6.07) is 3.63. The van der Waals surface area contributed by atoms with Crippen LogP contribution in [-0.4, -0.2) is 51.7 Å². The van der Waals surface area contributed by atoms with Crippen LogP contribution in [0.3, 0.4) is 0 Å². The molecular formula is C16H20N4O3S. The first-order valence-corrected chi connectivity index (χ1v) is 8.83. The zero-order valence-electron chi connectivity index (χ0n) is 13.2. The Hall–Kier alpha value is -2.19. The van der Waals surface area contributed by atoms with E-state index >= 15 is 0 Å². The molecule has 0 unspecified atom stereocenters. The van der Waals surface area contributed by atoms with E-state index in [2.05, 4.69) is 20.4 Å². The van der Waals surface area contributed by atoms with E-state index in [4.69, 9.17) is 5.11 Å². The number of carbonyl (C=O) groups excluding carboxylic acids is 1. The molecule has 3 rings (SSSR count). The van der Waals surface area contributed by atoms with Gasteiger partial charge in [-0.2, -0.15) is 5.10 Å². The quantitative estimate of drug-likeness (QED) is 0.744. The number of hydrogen-bond donors (Lipinski definition) is 3. The number of thiophene rings is 1. The smallest absolute Gasteiger partial charge is 0.348 e. The SMILES string of the molecule is O=C(CCN1CCC[C@@H](c2ccn[nH]2)C1)Nc1ccsc1C(=O)O. The first-order chi connectivity index (χ1) is 11.6. The fraction of sp³-hybridized carbons (Fsp3) is 0.438. The van der Waals surface area contributed by atoms with Gasteiger partial charge in [0.2, 0.25) is 5.91 Å². The molecule has 0 aliphatic carbocycles. The number of carbonyl (C=O) groups is 2. The van der Waals surface area contributed by atoms with E-state index in [0.717, 1.165) is 43.0 Å². The molecule has 1 saturated heterocycles. The molecule has 3 heterocycles. The number of nitrogens with zero attached hydrogens (tertiary/aromatic N) is 2. The van der Waals surface area contributed by atoms with Crippen molar-refractivity contribution in [3.05, 3.63) is 34.3 Å². The lowest BCUT2D eigenvalue weighted by Gasteiger charge is -2.31. The van der Waals surface area contributed by atoms with E-state index in [1.54, 1.807) is 17.6 Å². The van der Waals surface area contributed by atoms with Crippen molar-refractivity contribution >= 4 is 28.9 Å². The predicted octanol–water partition coefficient (Wildman–Crippen LogP) is 2.38. The van der Waals surface area contributed by atoms with Crippen LogP contribution in [0.1, 0.15) is 40.5 Å². The Bertz CT molecular complexity index is 698. The van der Waals surface area contributed by atoms with Crippen LogP contribution in [-0.2, 0) is 4.79 Å². The standard InChI is InChI=1S/C16H20N4O3S/c21-14(18-13-5-9-24-15(13)16(22)23)4-8-20-7-1-2-11(10-20)12-3-6-17-19-12/h3,5-6,9,11H,1-2,4,7-8,10H2,(H,17,19)(H,18,21)(H,22,23)/t11-/m1/s1. The minimum atomic E-state index is -1.02. The average Bonchev–Trinajstić information content (AvgIpc) is 3.25. The van der Waals surface area contributed by atoms with Crippen LogP contribution in [0, 0.1) is 0 Å². The molecule has 8 heteroatoms. The Kier molecular flexibility index (Phi) is 5.27. The number of likely N-dealkylation sites (tertiary alicyclic amines) is 1. The van der Waals surface area contributed by atoms with Crippen LogP contribution in [0.25, 0.3) is 0 Å². The number of anilines is 1. The third-order valence-corrected chi connectivity index (χ3v) is 5.16. The Balaban J connectivity index is 1.49. The Morgan fingerprint density at radius 3 is 3.08 bits per heavy atom. The van der Waals surface area contributed by atoms with Gasteiger partial charge in [-0.15, -0.1) is 11.3 Å². The van der Waals surface area contributed by atoms with Crippen molar-refractivity contribution in [3.63, 3.8) is 0 Å². The lowest BCUT2D eigenvalue weighted by atomic mass is 9.95. The van der Waals surface area contributed by atoms with Crippen LogP contribution < -0.4 is 5.32 Å². The summed E-state index contributed by atoms with van der Waals surface area (Å²) in [6.45, 7) is 2.56. The van der Waals surface area contributed by atoms with Gasteiger partial charge in [0.25, 0.3) is 0 Å². The molecule has 1 aliphatic heterocycles. The number of hydrogen-bond acceptors (Lipinski definition) is 5. The van der Waals surface area contributed by atoms with Crippen molar-refractivity contribution in [2.75, 3.05) is 25.0 Å². The molecule has 2 aromatic heterocycles. The first-order valence-electron chi connectivity index (χ1n) is 7.95. The second-order valence-electron chi connectivity index (χ2n) is 5.92. The third kappa shape index (κ3) is 4.01.